The van der Waals surface area contributed by atoms with Crippen molar-refractivity contribution in [3.8, 4) is 0 Å². The van der Waals surface area contributed by atoms with E-state index in [1.165, 1.54) is 25.7 Å². The van der Waals surface area contributed by atoms with Crippen LogP contribution in [0.4, 0.5) is 0 Å². The lowest BCUT2D eigenvalue weighted by molar-refractivity contribution is 0.0725. The van der Waals surface area contributed by atoms with Gasteiger partial charge in [0.1, 0.15) is 0 Å². The molecule has 5 heteroatoms. The van der Waals surface area contributed by atoms with E-state index in [1.807, 2.05) is 0 Å². The van der Waals surface area contributed by atoms with Crippen LogP contribution in [-0.2, 0) is 4.43 Å². The van der Waals surface area contributed by atoms with E-state index in [9.17, 15) is 0 Å². The summed E-state index contributed by atoms with van der Waals surface area (Å²) >= 11 is 0. The molecule has 0 spiro atoms. The largest absolute Gasteiger partial charge is 0.421 e. The molecule has 0 radical (unpaired) electrons. The summed E-state index contributed by atoms with van der Waals surface area (Å²) in [5, 5.41) is 0. The first kappa shape index (κ1) is 27.1. The van der Waals surface area contributed by atoms with Gasteiger partial charge in [0.25, 0.3) is 0 Å². The minimum Gasteiger partial charge on any atom is -0.421 e. The zero-order valence-electron chi connectivity index (χ0n) is 20.0. The highest BCUT2D eigenvalue weighted by molar-refractivity contribution is 6.27. The maximum atomic E-state index is 6.43. The van der Waals surface area contributed by atoms with Crippen molar-refractivity contribution in [2.45, 2.75) is 80.4 Å². The molecule has 27 heavy (non-hydrogen) atoms. The summed E-state index contributed by atoms with van der Waals surface area (Å²) in [7, 11) is -0.517. The predicted molar refractivity (Wildman–Crippen MR) is 125 cm³/mol. The number of hydrogen-bond donors (Lipinski definition) is 0. The zero-order valence-corrected chi connectivity index (χ0v) is 21.4. The normalized spacial score (nSPS) is 13.3. The molecule has 0 fully saturated rings. The van der Waals surface area contributed by atoms with Crippen molar-refractivity contribution in [3.63, 3.8) is 0 Å². The molecule has 0 aliphatic rings. The van der Waals surface area contributed by atoms with Gasteiger partial charge < -0.3 is 19.1 Å². The van der Waals surface area contributed by atoms with Crippen molar-refractivity contribution in [1.82, 2.24) is 14.7 Å². The molecule has 0 amide bonds. The Kier molecular flexibility index (Phi) is 16.0. The Bertz CT molecular complexity index is 291. The Labute approximate surface area is 173 Å². The van der Waals surface area contributed by atoms with Crippen LogP contribution in [0.2, 0.25) is 6.04 Å². The molecule has 0 aliphatic heterocycles. The molecule has 0 atom stereocenters. The second kappa shape index (κ2) is 15.9. The number of hydrogen-bond acceptors (Lipinski definition) is 4. The molecule has 0 saturated carbocycles. The highest BCUT2D eigenvalue weighted by Gasteiger charge is 2.35. The Morgan fingerprint density at radius 3 is 1.22 bits per heavy atom. The maximum absolute atomic E-state index is 6.43. The second-order valence-electron chi connectivity index (χ2n) is 7.94. The molecule has 0 aromatic carbocycles. The average molecular weight is 402 g/mol. The van der Waals surface area contributed by atoms with Gasteiger partial charge in [0.05, 0.1) is 0 Å². The standard InChI is InChI=1S/C22H51N3OSi/c1-9-21(10-2)26-27-20-22(17-23(11-3)12-4,18-24(13-5)14-6)19-25(15-7)16-8/h21H,9-20,27H2,1-8H3. The van der Waals surface area contributed by atoms with Crippen LogP contribution in [0.15, 0.2) is 0 Å². The van der Waals surface area contributed by atoms with Crippen molar-refractivity contribution < 1.29 is 4.43 Å². The van der Waals surface area contributed by atoms with Crippen LogP contribution >= 0.6 is 0 Å². The predicted octanol–water partition coefficient (Wildman–Crippen LogP) is 3.71. The van der Waals surface area contributed by atoms with Crippen LogP contribution in [0, 0.1) is 5.41 Å². The molecule has 0 aliphatic carbocycles. The second-order valence-corrected chi connectivity index (χ2v) is 9.19. The SMILES string of the molecule is CCC(CC)O[SiH2]CC(CN(CC)CC)(CN(CC)CC)CN(CC)CC. The summed E-state index contributed by atoms with van der Waals surface area (Å²) in [5.41, 5.74) is 0.322. The first-order valence-corrected chi connectivity index (χ1v) is 13.3. The van der Waals surface area contributed by atoms with Gasteiger partial charge in [0, 0.05) is 31.2 Å². The average Bonchev–Trinajstić information content (AvgIpc) is 2.71. The van der Waals surface area contributed by atoms with Gasteiger partial charge in [0.2, 0.25) is 0 Å². The first-order valence-electron chi connectivity index (χ1n) is 11.8. The first-order chi connectivity index (χ1) is 13.0. The number of nitrogens with zero attached hydrogens (tertiary/aromatic N) is 3. The highest BCUT2D eigenvalue weighted by atomic mass is 28.2. The van der Waals surface area contributed by atoms with E-state index in [0.717, 1.165) is 52.1 Å². The quantitative estimate of drug-likeness (QED) is 0.326. The minimum absolute atomic E-state index is 0.322. The molecule has 0 aromatic rings. The third-order valence-electron chi connectivity index (χ3n) is 6.26. The lowest BCUT2D eigenvalue weighted by Crippen LogP contribution is -2.52. The molecule has 0 bridgehead atoms. The molecular formula is C22H51N3OSi. The summed E-state index contributed by atoms with van der Waals surface area (Å²) in [6, 6.07) is 1.28. The van der Waals surface area contributed by atoms with E-state index in [-0.39, 0.29) is 0 Å². The molecule has 0 N–H and O–H groups in total. The van der Waals surface area contributed by atoms with E-state index in [2.05, 4.69) is 70.1 Å². The van der Waals surface area contributed by atoms with Gasteiger partial charge >= 0.3 is 0 Å². The van der Waals surface area contributed by atoms with Gasteiger partial charge in [-0.2, -0.15) is 0 Å². The van der Waals surface area contributed by atoms with Gasteiger partial charge in [-0.15, -0.1) is 0 Å². The Hall–Kier alpha value is 0.0569. The van der Waals surface area contributed by atoms with Crippen LogP contribution < -0.4 is 0 Å². The lowest BCUT2D eigenvalue weighted by atomic mass is 9.87. The smallest absolute Gasteiger partial charge is 0.162 e. The van der Waals surface area contributed by atoms with E-state index < -0.39 is 9.76 Å². The van der Waals surface area contributed by atoms with Crippen LogP contribution in [0.1, 0.15) is 68.2 Å². The molecule has 0 saturated heterocycles. The summed E-state index contributed by atoms with van der Waals surface area (Å²) in [5.74, 6) is 0. The summed E-state index contributed by atoms with van der Waals surface area (Å²) in [6.45, 7) is 28.8. The van der Waals surface area contributed by atoms with Crippen molar-refractivity contribution >= 4 is 9.76 Å². The molecule has 0 heterocycles. The lowest BCUT2D eigenvalue weighted by Gasteiger charge is -2.44. The van der Waals surface area contributed by atoms with Gasteiger partial charge in [-0.3, -0.25) is 0 Å². The zero-order chi connectivity index (χ0) is 20.7. The van der Waals surface area contributed by atoms with Crippen LogP contribution in [0.3, 0.4) is 0 Å². The molecular weight excluding hydrogens is 350 g/mol. The summed E-state index contributed by atoms with van der Waals surface area (Å²) in [4.78, 5) is 7.91. The van der Waals surface area contributed by atoms with Gasteiger partial charge in [-0.25, -0.2) is 0 Å². The van der Waals surface area contributed by atoms with E-state index >= 15 is 0 Å². The summed E-state index contributed by atoms with van der Waals surface area (Å²) < 4.78 is 6.43. The van der Waals surface area contributed by atoms with Crippen molar-refractivity contribution in [2.24, 2.45) is 5.41 Å². The van der Waals surface area contributed by atoms with Crippen LogP contribution in [-0.4, -0.2) is 89.5 Å². The van der Waals surface area contributed by atoms with Gasteiger partial charge in [-0.1, -0.05) is 55.4 Å². The third kappa shape index (κ3) is 10.4. The molecule has 0 unspecified atom stereocenters. The summed E-state index contributed by atoms with van der Waals surface area (Å²) in [6.07, 6.45) is 2.78. The number of rotatable bonds is 18. The molecule has 0 aromatic heterocycles. The Morgan fingerprint density at radius 2 is 0.963 bits per heavy atom. The van der Waals surface area contributed by atoms with Crippen molar-refractivity contribution in [2.75, 3.05) is 58.9 Å². The minimum atomic E-state index is -0.517. The molecule has 4 nitrogen and oxygen atoms in total. The fourth-order valence-corrected chi connectivity index (χ4v) is 5.95. The Balaban J connectivity index is 5.50. The van der Waals surface area contributed by atoms with Crippen molar-refractivity contribution in [3.05, 3.63) is 0 Å². The molecule has 164 valence electrons. The fraction of sp³-hybridized carbons (Fsp3) is 1.00. The van der Waals surface area contributed by atoms with E-state index in [1.54, 1.807) is 0 Å². The van der Waals surface area contributed by atoms with Crippen LogP contribution in [0.25, 0.3) is 0 Å². The maximum Gasteiger partial charge on any atom is 0.162 e. The highest BCUT2D eigenvalue weighted by Crippen LogP contribution is 2.28. The topological polar surface area (TPSA) is 19.0 Å². The van der Waals surface area contributed by atoms with Crippen LogP contribution in [0.5, 0.6) is 0 Å². The molecule has 0 rings (SSSR count). The fourth-order valence-electron chi connectivity index (χ4n) is 4.12. The van der Waals surface area contributed by atoms with Crippen molar-refractivity contribution in [1.29, 1.82) is 0 Å². The van der Waals surface area contributed by atoms with E-state index in [0.29, 0.717) is 11.5 Å². The Morgan fingerprint density at radius 1 is 0.630 bits per heavy atom. The third-order valence-corrected chi connectivity index (χ3v) is 8.23. The van der Waals surface area contributed by atoms with E-state index in [4.69, 9.17) is 4.43 Å². The monoisotopic (exact) mass is 401 g/mol. The van der Waals surface area contributed by atoms with Gasteiger partial charge in [-0.05, 0) is 58.2 Å². The van der Waals surface area contributed by atoms with Gasteiger partial charge in [0.15, 0.2) is 9.76 Å².